The number of aryl methyl sites for hydroxylation is 1. The molecule has 3 rings (SSSR count). The van der Waals surface area contributed by atoms with Crippen molar-refractivity contribution >= 4 is 24.8 Å². The number of aromatic nitrogens is 1. The van der Waals surface area contributed by atoms with Crippen molar-refractivity contribution in [1.29, 1.82) is 0 Å². The zero-order chi connectivity index (χ0) is 14.1. The van der Waals surface area contributed by atoms with Gasteiger partial charge in [-0.2, -0.15) is 0 Å². The highest BCUT2D eigenvalue weighted by Gasteiger charge is 2.39. The molecule has 0 aromatic carbocycles. The molecule has 1 saturated heterocycles. The molecule has 7 heteroatoms. The molecule has 0 bridgehead atoms. The van der Waals surface area contributed by atoms with Crippen molar-refractivity contribution in [1.82, 2.24) is 15.2 Å². The maximum atomic E-state index is 10.5. The molecule has 1 saturated carbocycles. The van der Waals surface area contributed by atoms with Crippen LogP contribution in [0, 0.1) is 12.8 Å². The number of pyridine rings is 1. The third kappa shape index (κ3) is 3.84. The number of rotatable bonds is 4. The Morgan fingerprint density at radius 2 is 1.95 bits per heavy atom. The smallest absolute Gasteiger partial charge is 0.141 e. The molecule has 2 heterocycles. The first-order valence-corrected chi connectivity index (χ1v) is 7.45. The van der Waals surface area contributed by atoms with Crippen LogP contribution in [0.2, 0.25) is 0 Å². The van der Waals surface area contributed by atoms with Crippen LogP contribution < -0.4 is 5.32 Å². The van der Waals surface area contributed by atoms with Gasteiger partial charge >= 0.3 is 0 Å². The van der Waals surface area contributed by atoms with Crippen LogP contribution in [0.25, 0.3) is 0 Å². The van der Waals surface area contributed by atoms with Crippen molar-refractivity contribution in [3.8, 4) is 5.75 Å². The van der Waals surface area contributed by atoms with Crippen LogP contribution in [0.5, 0.6) is 5.75 Å². The van der Waals surface area contributed by atoms with E-state index >= 15 is 0 Å². The van der Waals surface area contributed by atoms with E-state index in [-0.39, 0.29) is 43.2 Å². The second kappa shape index (κ2) is 8.31. The minimum Gasteiger partial charge on any atom is -0.506 e. The van der Waals surface area contributed by atoms with Gasteiger partial charge in [0.2, 0.25) is 0 Å². The number of halogens is 2. The van der Waals surface area contributed by atoms with Gasteiger partial charge in [-0.15, -0.1) is 24.8 Å². The highest BCUT2D eigenvalue weighted by atomic mass is 35.5. The molecule has 0 amide bonds. The normalized spacial score (nSPS) is 19.9. The number of aromatic hydroxyl groups is 1. The summed E-state index contributed by atoms with van der Waals surface area (Å²) < 4.78 is 0. The average molecular weight is 350 g/mol. The second-order valence-electron chi connectivity index (χ2n) is 5.86. The third-order valence-corrected chi connectivity index (χ3v) is 4.44. The van der Waals surface area contributed by atoms with E-state index in [0.717, 1.165) is 37.3 Å². The fourth-order valence-electron chi connectivity index (χ4n) is 3.20. The van der Waals surface area contributed by atoms with Crippen molar-refractivity contribution in [2.24, 2.45) is 5.92 Å². The first-order chi connectivity index (χ1) is 9.72. The number of hydrogen-bond donors (Lipinski definition) is 3. The van der Waals surface area contributed by atoms with Crippen LogP contribution in [-0.4, -0.2) is 46.3 Å². The third-order valence-electron chi connectivity index (χ3n) is 4.44. The molecule has 2 aliphatic rings. The zero-order valence-electron chi connectivity index (χ0n) is 12.8. The van der Waals surface area contributed by atoms with E-state index in [1.165, 1.54) is 12.8 Å². The Hall–Kier alpha value is -0.590. The summed E-state index contributed by atoms with van der Waals surface area (Å²) in [6.45, 7) is 5.72. The summed E-state index contributed by atoms with van der Waals surface area (Å²) >= 11 is 0. The molecule has 1 aliphatic carbocycles. The average Bonchev–Trinajstić information content (AvgIpc) is 3.30. The van der Waals surface area contributed by atoms with Crippen LogP contribution in [0.1, 0.15) is 35.7 Å². The Balaban J connectivity index is 0.00000121. The molecule has 126 valence electrons. The maximum absolute atomic E-state index is 10.5. The summed E-state index contributed by atoms with van der Waals surface area (Å²) in [5.74, 6) is 0.873. The van der Waals surface area contributed by atoms with Gasteiger partial charge in [0.1, 0.15) is 5.75 Å². The molecule has 1 aromatic heterocycles. The monoisotopic (exact) mass is 349 g/mol. The summed E-state index contributed by atoms with van der Waals surface area (Å²) in [6, 6.07) is 0.223. The summed E-state index contributed by atoms with van der Waals surface area (Å²) in [5.41, 5.74) is 2.32. The number of hydrogen-bond acceptors (Lipinski definition) is 5. The molecule has 0 spiro atoms. The lowest BCUT2D eigenvalue weighted by Gasteiger charge is -2.36. The highest BCUT2D eigenvalue weighted by molar-refractivity contribution is 5.85. The SMILES string of the molecule is Cc1ncc(CO)c([C@H](C2CC2)N2CCNCC2)c1O.Cl.Cl. The van der Waals surface area contributed by atoms with E-state index in [2.05, 4.69) is 15.2 Å². The molecule has 22 heavy (non-hydrogen) atoms. The molecule has 1 atom stereocenters. The molecule has 5 nitrogen and oxygen atoms in total. The van der Waals surface area contributed by atoms with E-state index in [9.17, 15) is 10.2 Å². The predicted octanol–water partition coefficient (Wildman–Crippen LogP) is 1.79. The largest absolute Gasteiger partial charge is 0.506 e. The van der Waals surface area contributed by atoms with E-state index in [1.54, 1.807) is 6.20 Å². The number of aliphatic hydroxyl groups excluding tert-OH is 1. The van der Waals surface area contributed by atoms with Crippen LogP contribution >= 0.6 is 24.8 Å². The summed E-state index contributed by atoms with van der Waals surface area (Å²) in [5, 5.41) is 23.4. The van der Waals surface area contributed by atoms with Gasteiger partial charge in [0.25, 0.3) is 0 Å². The molecular formula is C15H25Cl2N3O2. The van der Waals surface area contributed by atoms with Crippen LogP contribution in [0.15, 0.2) is 6.20 Å². The highest BCUT2D eigenvalue weighted by Crippen LogP contribution is 2.48. The van der Waals surface area contributed by atoms with E-state index in [4.69, 9.17) is 0 Å². The fourth-order valence-corrected chi connectivity index (χ4v) is 3.20. The molecule has 1 aromatic rings. The minimum absolute atomic E-state index is 0. The Bertz CT molecular complexity index is 492. The molecule has 1 aliphatic heterocycles. The van der Waals surface area contributed by atoms with Crippen molar-refractivity contribution in [3.05, 3.63) is 23.0 Å². The van der Waals surface area contributed by atoms with E-state index < -0.39 is 0 Å². The quantitative estimate of drug-likeness (QED) is 0.773. The van der Waals surface area contributed by atoms with Gasteiger partial charge in [-0.25, -0.2) is 0 Å². The van der Waals surface area contributed by atoms with Gasteiger partial charge in [0.15, 0.2) is 0 Å². The van der Waals surface area contributed by atoms with Crippen molar-refractivity contribution in [2.75, 3.05) is 26.2 Å². The summed E-state index contributed by atoms with van der Waals surface area (Å²) in [4.78, 5) is 6.62. The van der Waals surface area contributed by atoms with Gasteiger partial charge in [-0.3, -0.25) is 9.88 Å². The van der Waals surface area contributed by atoms with E-state index in [1.807, 2.05) is 6.92 Å². The van der Waals surface area contributed by atoms with Crippen molar-refractivity contribution < 1.29 is 10.2 Å². The number of nitrogens with one attached hydrogen (secondary N) is 1. The zero-order valence-corrected chi connectivity index (χ0v) is 14.4. The van der Waals surface area contributed by atoms with Gasteiger partial charge < -0.3 is 15.5 Å². The first-order valence-electron chi connectivity index (χ1n) is 7.45. The summed E-state index contributed by atoms with van der Waals surface area (Å²) in [6.07, 6.45) is 4.13. The Morgan fingerprint density at radius 1 is 1.32 bits per heavy atom. The molecule has 2 fully saturated rings. The Kier molecular flexibility index (Phi) is 7.35. The number of piperazine rings is 1. The molecule has 0 unspecified atom stereocenters. The van der Waals surface area contributed by atoms with Crippen molar-refractivity contribution in [2.45, 2.75) is 32.4 Å². The maximum Gasteiger partial charge on any atom is 0.141 e. The molecule has 3 N–H and O–H groups in total. The standard InChI is InChI=1S/C15H23N3O2.2ClH/c1-10-15(20)13(12(9-19)8-17-10)14(11-2-3-11)18-6-4-16-5-7-18;;/h8,11,14,16,19-20H,2-7,9H2,1H3;2*1H/t14-;;/m0../s1. The topological polar surface area (TPSA) is 68.6 Å². The second-order valence-corrected chi connectivity index (χ2v) is 5.86. The van der Waals surface area contributed by atoms with Gasteiger partial charge in [0, 0.05) is 49.5 Å². The number of aliphatic hydroxyl groups is 1. The van der Waals surface area contributed by atoms with Crippen LogP contribution in [0.4, 0.5) is 0 Å². The van der Waals surface area contributed by atoms with Crippen LogP contribution in [0.3, 0.4) is 0 Å². The van der Waals surface area contributed by atoms with Crippen molar-refractivity contribution in [3.63, 3.8) is 0 Å². The van der Waals surface area contributed by atoms with Gasteiger partial charge in [0.05, 0.1) is 12.3 Å². The first kappa shape index (κ1) is 19.5. The summed E-state index contributed by atoms with van der Waals surface area (Å²) in [7, 11) is 0. The predicted molar refractivity (Wildman–Crippen MR) is 91.0 cm³/mol. The van der Waals surface area contributed by atoms with Gasteiger partial charge in [-0.05, 0) is 25.7 Å². The lowest BCUT2D eigenvalue weighted by molar-refractivity contribution is 0.150. The van der Waals surface area contributed by atoms with Gasteiger partial charge in [-0.1, -0.05) is 0 Å². The lowest BCUT2D eigenvalue weighted by atomic mass is 9.94. The fraction of sp³-hybridized carbons (Fsp3) is 0.667. The van der Waals surface area contributed by atoms with E-state index in [0.29, 0.717) is 11.6 Å². The Morgan fingerprint density at radius 3 is 2.50 bits per heavy atom. The molecule has 0 radical (unpaired) electrons. The number of nitrogens with zero attached hydrogens (tertiary/aromatic N) is 2. The lowest BCUT2D eigenvalue weighted by Crippen LogP contribution is -2.46. The molecular weight excluding hydrogens is 325 g/mol. The Labute approximate surface area is 143 Å². The minimum atomic E-state index is -0.0640. The van der Waals surface area contributed by atoms with Crippen LogP contribution in [-0.2, 0) is 6.61 Å².